The fourth-order valence-electron chi connectivity index (χ4n) is 1.47. The minimum absolute atomic E-state index is 0.105. The Morgan fingerprint density at radius 1 is 1.50 bits per heavy atom. The largest absolute Gasteiger partial charge is 0.506 e. The Bertz CT molecular complexity index is 405. The number of nitro benzene ring substituents is 1. The van der Waals surface area contributed by atoms with Gasteiger partial charge in [0.2, 0.25) is 0 Å². The SMILES string of the molecule is CCNc1c(O)ccc(N(C)C)c1[N+](=O)[O-]. The van der Waals surface area contributed by atoms with Gasteiger partial charge in [-0.15, -0.1) is 0 Å². The summed E-state index contributed by atoms with van der Waals surface area (Å²) in [6.45, 7) is 2.32. The molecule has 0 fully saturated rings. The maximum Gasteiger partial charge on any atom is 0.319 e. The highest BCUT2D eigenvalue weighted by molar-refractivity contribution is 5.81. The Hall–Kier alpha value is -1.98. The van der Waals surface area contributed by atoms with Gasteiger partial charge in [0, 0.05) is 20.6 Å². The first kappa shape index (κ1) is 12.1. The number of benzene rings is 1. The Balaban J connectivity index is 3.43. The number of rotatable bonds is 4. The lowest BCUT2D eigenvalue weighted by Crippen LogP contribution is -2.12. The zero-order chi connectivity index (χ0) is 12.3. The Morgan fingerprint density at radius 3 is 2.56 bits per heavy atom. The lowest BCUT2D eigenvalue weighted by molar-refractivity contribution is -0.383. The molecule has 0 amide bonds. The van der Waals surface area contributed by atoms with Gasteiger partial charge in [-0.1, -0.05) is 0 Å². The normalized spacial score (nSPS) is 9.94. The summed E-state index contributed by atoms with van der Waals surface area (Å²) in [5.74, 6) is -0.112. The molecule has 0 heterocycles. The third kappa shape index (κ3) is 2.16. The van der Waals surface area contributed by atoms with Crippen LogP contribution in [0.2, 0.25) is 0 Å². The predicted molar refractivity (Wildman–Crippen MR) is 63.3 cm³/mol. The third-order valence-electron chi connectivity index (χ3n) is 2.15. The molecular weight excluding hydrogens is 210 g/mol. The predicted octanol–water partition coefficient (Wildman–Crippen LogP) is 1.80. The summed E-state index contributed by atoms with van der Waals surface area (Å²) in [7, 11) is 3.43. The van der Waals surface area contributed by atoms with Crippen LogP contribution in [-0.4, -0.2) is 30.7 Å². The van der Waals surface area contributed by atoms with Crippen molar-refractivity contribution in [3.8, 4) is 5.75 Å². The van der Waals surface area contributed by atoms with Gasteiger partial charge in [-0.2, -0.15) is 0 Å². The summed E-state index contributed by atoms with van der Waals surface area (Å²) in [5.41, 5.74) is 0.518. The van der Waals surface area contributed by atoms with Gasteiger partial charge < -0.3 is 15.3 Å². The second-order valence-electron chi connectivity index (χ2n) is 3.51. The molecule has 0 aromatic heterocycles. The number of hydrogen-bond donors (Lipinski definition) is 2. The van der Waals surface area contributed by atoms with E-state index in [0.717, 1.165) is 0 Å². The van der Waals surface area contributed by atoms with E-state index >= 15 is 0 Å². The minimum Gasteiger partial charge on any atom is -0.506 e. The van der Waals surface area contributed by atoms with Gasteiger partial charge >= 0.3 is 5.69 Å². The molecule has 0 saturated heterocycles. The van der Waals surface area contributed by atoms with Crippen LogP contribution in [0.5, 0.6) is 5.75 Å². The van der Waals surface area contributed by atoms with Crippen LogP contribution in [0.3, 0.4) is 0 Å². The maximum atomic E-state index is 11.0. The Labute approximate surface area is 93.6 Å². The van der Waals surface area contributed by atoms with Gasteiger partial charge in [-0.25, -0.2) is 0 Å². The molecule has 0 bridgehead atoms. The van der Waals surface area contributed by atoms with Crippen LogP contribution in [0.4, 0.5) is 17.1 Å². The van der Waals surface area contributed by atoms with Crippen LogP contribution in [0.15, 0.2) is 12.1 Å². The van der Waals surface area contributed by atoms with Gasteiger partial charge in [0.1, 0.15) is 11.4 Å². The highest BCUT2D eigenvalue weighted by atomic mass is 16.6. The smallest absolute Gasteiger partial charge is 0.319 e. The van der Waals surface area contributed by atoms with Crippen molar-refractivity contribution in [1.82, 2.24) is 0 Å². The second-order valence-corrected chi connectivity index (χ2v) is 3.51. The maximum absolute atomic E-state index is 11.0. The molecule has 0 aliphatic carbocycles. The highest BCUT2D eigenvalue weighted by Gasteiger charge is 2.23. The quantitative estimate of drug-likeness (QED) is 0.464. The molecule has 0 spiro atoms. The number of phenolic OH excluding ortho intramolecular Hbond substituents is 1. The summed E-state index contributed by atoms with van der Waals surface area (Å²) in [4.78, 5) is 12.1. The number of anilines is 2. The molecule has 6 nitrogen and oxygen atoms in total. The van der Waals surface area contributed by atoms with Crippen LogP contribution in [0.1, 0.15) is 6.92 Å². The van der Waals surface area contributed by atoms with Crippen molar-refractivity contribution in [3.63, 3.8) is 0 Å². The summed E-state index contributed by atoms with van der Waals surface area (Å²) in [6.07, 6.45) is 0. The van der Waals surface area contributed by atoms with E-state index in [1.54, 1.807) is 19.0 Å². The molecule has 1 rings (SSSR count). The fraction of sp³-hybridized carbons (Fsp3) is 0.400. The molecule has 0 radical (unpaired) electrons. The molecule has 2 N–H and O–H groups in total. The summed E-state index contributed by atoms with van der Waals surface area (Å²) < 4.78 is 0. The molecule has 88 valence electrons. The lowest BCUT2D eigenvalue weighted by Gasteiger charge is -2.16. The van der Waals surface area contributed by atoms with Crippen molar-refractivity contribution in [3.05, 3.63) is 22.2 Å². The van der Waals surface area contributed by atoms with Crippen molar-refractivity contribution in [2.75, 3.05) is 30.9 Å². The van der Waals surface area contributed by atoms with Gasteiger partial charge in [-0.05, 0) is 19.1 Å². The summed E-state index contributed by atoms with van der Waals surface area (Å²) >= 11 is 0. The van der Waals surface area contributed by atoms with Gasteiger partial charge in [0.05, 0.1) is 4.92 Å². The van der Waals surface area contributed by atoms with Crippen LogP contribution in [-0.2, 0) is 0 Å². The molecule has 0 saturated carbocycles. The first-order chi connectivity index (χ1) is 7.49. The summed E-state index contributed by atoms with van der Waals surface area (Å²) in [5, 5.41) is 23.4. The van der Waals surface area contributed by atoms with Crippen molar-refractivity contribution in [2.24, 2.45) is 0 Å². The van der Waals surface area contributed by atoms with Crippen LogP contribution >= 0.6 is 0 Å². The Kier molecular flexibility index (Phi) is 3.55. The van der Waals surface area contributed by atoms with E-state index < -0.39 is 4.92 Å². The van der Waals surface area contributed by atoms with Gasteiger partial charge in [-0.3, -0.25) is 10.1 Å². The average Bonchev–Trinajstić information content (AvgIpc) is 2.20. The van der Waals surface area contributed by atoms with E-state index in [1.807, 2.05) is 6.92 Å². The minimum atomic E-state index is -0.493. The Morgan fingerprint density at radius 2 is 2.12 bits per heavy atom. The fourth-order valence-corrected chi connectivity index (χ4v) is 1.47. The average molecular weight is 225 g/mol. The molecule has 0 aliphatic heterocycles. The number of nitrogens with one attached hydrogen (secondary N) is 1. The molecule has 0 aliphatic rings. The van der Waals surface area contributed by atoms with Crippen molar-refractivity contribution in [1.29, 1.82) is 0 Å². The van der Waals surface area contributed by atoms with E-state index in [2.05, 4.69) is 5.32 Å². The van der Waals surface area contributed by atoms with Crippen molar-refractivity contribution in [2.45, 2.75) is 6.92 Å². The van der Waals surface area contributed by atoms with E-state index in [4.69, 9.17) is 0 Å². The molecule has 16 heavy (non-hydrogen) atoms. The standard InChI is InChI=1S/C10H15N3O3/c1-4-11-9-8(14)6-5-7(12(2)3)10(9)13(15)16/h5-6,11,14H,4H2,1-3H3. The van der Waals surface area contributed by atoms with Crippen LogP contribution in [0.25, 0.3) is 0 Å². The molecule has 1 aromatic carbocycles. The number of nitrogens with zero attached hydrogens (tertiary/aromatic N) is 2. The van der Waals surface area contributed by atoms with Gasteiger partial charge in [0.25, 0.3) is 0 Å². The van der Waals surface area contributed by atoms with E-state index in [1.165, 1.54) is 12.1 Å². The number of phenols is 1. The zero-order valence-electron chi connectivity index (χ0n) is 9.52. The first-order valence-corrected chi connectivity index (χ1v) is 4.90. The second kappa shape index (κ2) is 4.69. The molecule has 1 aromatic rings. The molecule has 0 unspecified atom stereocenters. The first-order valence-electron chi connectivity index (χ1n) is 4.90. The van der Waals surface area contributed by atoms with Crippen LogP contribution in [0, 0.1) is 10.1 Å². The molecule has 0 atom stereocenters. The number of hydrogen-bond acceptors (Lipinski definition) is 5. The highest BCUT2D eigenvalue weighted by Crippen LogP contribution is 2.40. The van der Waals surface area contributed by atoms with Gasteiger partial charge in [0.15, 0.2) is 5.69 Å². The van der Waals surface area contributed by atoms with E-state index in [-0.39, 0.29) is 17.1 Å². The monoisotopic (exact) mass is 225 g/mol. The molecule has 6 heteroatoms. The summed E-state index contributed by atoms with van der Waals surface area (Å²) in [6, 6.07) is 2.97. The van der Waals surface area contributed by atoms with Crippen molar-refractivity contribution < 1.29 is 10.0 Å². The van der Waals surface area contributed by atoms with E-state index in [0.29, 0.717) is 12.2 Å². The number of nitro groups is 1. The van der Waals surface area contributed by atoms with Crippen molar-refractivity contribution >= 4 is 17.1 Å². The third-order valence-corrected chi connectivity index (χ3v) is 2.15. The van der Waals surface area contributed by atoms with E-state index in [9.17, 15) is 15.2 Å². The zero-order valence-corrected chi connectivity index (χ0v) is 9.52. The topological polar surface area (TPSA) is 78.6 Å². The lowest BCUT2D eigenvalue weighted by atomic mass is 10.2. The van der Waals surface area contributed by atoms with Crippen LogP contribution < -0.4 is 10.2 Å². The molecular formula is C10H15N3O3. The number of aromatic hydroxyl groups is 1.